The third-order valence-corrected chi connectivity index (χ3v) is 3.43. The zero-order valence-electron chi connectivity index (χ0n) is 11.1. The van der Waals surface area contributed by atoms with E-state index in [1.807, 2.05) is 30.3 Å². The summed E-state index contributed by atoms with van der Waals surface area (Å²) >= 11 is 0. The second-order valence-electron chi connectivity index (χ2n) is 5.65. The molecule has 3 N–H and O–H groups in total. The lowest BCUT2D eigenvalue weighted by molar-refractivity contribution is -0.125. The smallest absolute Gasteiger partial charge is 0.242 e. The number of carbonyl (C=O) groups is 1. The summed E-state index contributed by atoms with van der Waals surface area (Å²) < 4.78 is 0. The first-order valence-electron chi connectivity index (χ1n) is 6.68. The number of nitrogens with one attached hydrogen (secondary N) is 1. The maximum Gasteiger partial charge on any atom is 0.242 e. The Bertz CT molecular complexity index is 406. The molecule has 18 heavy (non-hydrogen) atoms. The summed E-state index contributed by atoms with van der Waals surface area (Å²) in [6.07, 6.45) is 3.02. The van der Waals surface area contributed by atoms with Crippen LogP contribution in [0.25, 0.3) is 0 Å². The van der Waals surface area contributed by atoms with Gasteiger partial charge in [-0.25, -0.2) is 0 Å². The summed E-state index contributed by atoms with van der Waals surface area (Å²) in [7, 11) is 0. The van der Waals surface area contributed by atoms with E-state index in [-0.39, 0.29) is 5.91 Å². The molecule has 1 atom stereocenters. The highest BCUT2D eigenvalue weighted by molar-refractivity contribution is 5.86. The zero-order chi connectivity index (χ0) is 13.2. The largest absolute Gasteiger partial charge is 0.368 e. The number of carbonyl (C=O) groups excluding carboxylic acids is 1. The van der Waals surface area contributed by atoms with E-state index < -0.39 is 5.54 Å². The van der Waals surface area contributed by atoms with E-state index in [1.54, 1.807) is 0 Å². The second-order valence-corrected chi connectivity index (χ2v) is 5.65. The van der Waals surface area contributed by atoms with Crippen molar-refractivity contribution in [2.24, 2.45) is 11.7 Å². The number of benzene rings is 1. The minimum Gasteiger partial charge on any atom is -0.368 e. The van der Waals surface area contributed by atoms with E-state index in [1.165, 1.54) is 0 Å². The SMILES string of the molecule is CC(C)CC(NC1CC1)(C(N)=O)c1ccccc1. The lowest BCUT2D eigenvalue weighted by atomic mass is 9.81. The van der Waals surface area contributed by atoms with Gasteiger partial charge in [0, 0.05) is 6.04 Å². The summed E-state index contributed by atoms with van der Waals surface area (Å²) in [5, 5.41) is 3.48. The van der Waals surface area contributed by atoms with Gasteiger partial charge in [0.25, 0.3) is 0 Å². The van der Waals surface area contributed by atoms with Gasteiger partial charge in [-0.3, -0.25) is 10.1 Å². The van der Waals surface area contributed by atoms with Gasteiger partial charge in [0.2, 0.25) is 5.91 Å². The summed E-state index contributed by atoms with van der Waals surface area (Å²) in [5.41, 5.74) is 6.00. The molecule has 1 aliphatic carbocycles. The highest BCUT2D eigenvalue weighted by Crippen LogP contribution is 2.33. The fraction of sp³-hybridized carbons (Fsp3) is 0.533. The molecule has 3 heteroatoms. The highest BCUT2D eigenvalue weighted by atomic mass is 16.1. The van der Waals surface area contributed by atoms with E-state index in [2.05, 4.69) is 19.2 Å². The van der Waals surface area contributed by atoms with Crippen molar-refractivity contribution in [3.8, 4) is 0 Å². The Hall–Kier alpha value is -1.35. The van der Waals surface area contributed by atoms with Crippen molar-refractivity contribution >= 4 is 5.91 Å². The number of hydrogen-bond donors (Lipinski definition) is 2. The molecule has 98 valence electrons. The molecule has 1 fully saturated rings. The molecule has 1 unspecified atom stereocenters. The van der Waals surface area contributed by atoms with Crippen LogP contribution in [0.3, 0.4) is 0 Å². The van der Waals surface area contributed by atoms with Gasteiger partial charge in [-0.1, -0.05) is 44.2 Å². The molecule has 0 saturated heterocycles. The monoisotopic (exact) mass is 246 g/mol. The van der Waals surface area contributed by atoms with E-state index in [0.29, 0.717) is 12.0 Å². The molecule has 0 spiro atoms. The van der Waals surface area contributed by atoms with Crippen molar-refractivity contribution in [3.05, 3.63) is 35.9 Å². The average Bonchev–Trinajstić information content (AvgIpc) is 3.12. The number of hydrogen-bond acceptors (Lipinski definition) is 2. The number of nitrogens with two attached hydrogens (primary N) is 1. The molecule has 1 aliphatic rings. The number of primary amides is 1. The maximum atomic E-state index is 12.1. The van der Waals surface area contributed by atoms with Gasteiger partial charge in [-0.15, -0.1) is 0 Å². The minimum absolute atomic E-state index is 0.269. The van der Waals surface area contributed by atoms with Crippen LogP contribution in [-0.2, 0) is 10.3 Å². The molecule has 0 heterocycles. The zero-order valence-corrected chi connectivity index (χ0v) is 11.1. The quantitative estimate of drug-likeness (QED) is 0.808. The van der Waals surface area contributed by atoms with Gasteiger partial charge in [0.15, 0.2) is 0 Å². The van der Waals surface area contributed by atoms with Crippen molar-refractivity contribution in [1.82, 2.24) is 5.32 Å². The van der Waals surface area contributed by atoms with Crippen LogP contribution in [0, 0.1) is 5.92 Å². The van der Waals surface area contributed by atoms with Crippen molar-refractivity contribution in [1.29, 1.82) is 0 Å². The summed E-state index contributed by atoms with van der Waals surface area (Å²) in [6.45, 7) is 4.24. The van der Waals surface area contributed by atoms with Crippen molar-refractivity contribution in [3.63, 3.8) is 0 Å². The molecular formula is C15H22N2O. The average molecular weight is 246 g/mol. The van der Waals surface area contributed by atoms with Crippen molar-refractivity contribution < 1.29 is 4.79 Å². The Balaban J connectivity index is 2.37. The molecule has 1 aromatic rings. The van der Waals surface area contributed by atoms with Crippen LogP contribution in [0.5, 0.6) is 0 Å². The van der Waals surface area contributed by atoms with E-state index >= 15 is 0 Å². The Morgan fingerprint density at radius 1 is 1.39 bits per heavy atom. The Labute approximate surface area is 109 Å². The summed E-state index contributed by atoms with van der Waals surface area (Å²) in [5.74, 6) is 0.137. The molecule has 0 aromatic heterocycles. The highest BCUT2D eigenvalue weighted by Gasteiger charge is 2.42. The third-order valence-electron chi connectivity index (χ3n) is 3.43. The van der Waals surface area contributed by atoms with Crippen LogP contribution >= 0.6 is 0 Å². The Morgan fingerprint density at radius 3 is 2.44 bits per heavy atom. The lowest BCUT2D eigenvalue weighted by Gasteiger charge is -2.34. The number of amides is 1. The maximum absolute atomic E-state index is 12.1. The Morgan fingerprint density at radius 2 is 2.00 bits per heavy atom. The second kappa shape index (κ2) is 5.11. The lowest BCUT2D eigenvalue weighted by Crippen LogP contribution is -2.54. The molecule has 3 nitrogen and oxygen atoms in total. The summed E-state index contributed by atoms with van der Waals surface area (Å²) in [6, 6.07) is 10.3. The molecule has 0 radical (unpaired) electrons. The van der Waals surface area contributed by atoms with Crippen molar-refractivity contribution in [2.45, 2.75) is 44.7 Å². The minimum atomic E-state index is -0.712. The van der Waals surface area contributed by atoms with Gasteiger partial charge in [0.1, 0.15) is 5.54 Å². The van der Waals surface area contributed by atoms with E-state index in [0.717, 1.165) is 24.8 Å². The van der Waals surface area contributed by atoms with Gasteiger partial charge >= 0.3 is 0 Å². The molecule has 1 aromatic carbocycles. The van der Waals surface area contributed by atoms with Crippen LogP contribution in [0.4, 0.5) is 0 Å². The van der Waals surface area contributed by atoms with Crippen molar-refractivity contribution in [2.75, 3.05) is 0 Å². The van der Waals surface area contributed by atoms with Crippen LogP contribution in [-0.4, -0.2) is 11.9 Å². The standard InChI is InChI=1S/C15H22N2O/c1-11(2)10-15(14(16)18,17-13-8-9-13)12-6-4-3-5-7-12/h3-7,11,13,17H,8-10H2,1-2H3,(H2,16,18). The molecule has 1 saturated carbocycles. The third kappa shape index (κ3) is 2.72. The molecular weight excluding hydrogens is 224 g/mol. The van der Waals surface area contributed by atoms with Crippen LogP contribution in [0.15, 0.2) is 30.3 Å². The first kappa shape index (κ1) is 13.1. The number of rotatable bonds is 6. The van der Waals surface area contributed by atoms with Gasteiger partial charge in [-0.05, 0) is 30.7 Å². The first-order valence-corrected chi connectivity index (χ1v) is 6.68. The normalized spacial score (nSPS) is 18.6. The fourth-order valence-electron chi connectivity index (χ4n) is 2.49. The van der Waals surface area contributed by atoms with Gasteiger partial charge in [0.05, 0.1) is 0 Å². The summed E-state index contributed by atoms with van der Waals surface area (Å²) in [4.78, 5) is 12.1. The molecule has 0 bridgehead atoms. The van der Waals surface area contributed by atoms with Gasteiger partial charge in [-0.2, -0.15) is 0 Å². The fourth-order valence-corrected chi connectivity index (χ4v) is 2.49. The van der Waals surface area contributed by atoms with Crippen LogP contribution in [0.2, 0.25) is 0 Å². The Kier molecular flexibility index (Phi) is 3.71. The van der Waals surface area contributed by atoms with Crippen LogP contribution in [0.1, 0.15) is 38.7 Å². The first-order chi connectivity index (χ1) is 8.54. The van der Waals surface area contributed by atoms with Gasteiger partial charge < -0.3 is 5.73 Å². The predicted octanol–water partition coefficient (Wildman–Crippen LogP) is 2.17. The molecule has 0 aliphatic heterocycles. The predicted molar refractivity (Wildman–Crippen MR) is 72.9 cm³/mol. The topological polar surface area (TPSA) is 55.1 Å². The molecule has 2 rings (SSSR count). The molecule has 1 amide bonds. The van der Waals surface area contributed by atoms with E-state index in [4.69, 9.17) is 5.73 Å². The van der Waals surface area contributed by atoms with Crippen LogP contribution < -0.4 is 11.1 Å². The van der Waals surface area contributed by atoms with E-state index in [9.17, 15) is 4.79 Å².